The Balaban J connectivity index is 1.65. The van der Waals surface area contributed by atoms with Gasteiger partial charge in [-0.15, -0.1) is 0 Å². The van der Waals surface area contributed by atoms with Crippen molar-refractivity contribution < 1.29 is 14.4 Å². The summed E-state index contributed by atoms with van der Waals surface area (Å²) in [7, 11) is 1.52. The Morgan fingerprint density at radius 2 is 1.87 bits per heavy atom. The van der Waals surface area contributed by atoms with Crippen LogP contribution >= 0.6 is 12.2 Å². The molecule has 0 saturated carbocycles. The lowest BCUT2D eigenvalue weighted by molar-refractivity contribution is -0.384. The van der Waals surface area contributed by atoms with E-state index >= 15 is 0 Å². The molecule has 1 aliphatic rings. The van der Waals surface area contributed by atoms with Crippen LogP contribution in [-0.2, 0) is 0 Å². The molecule has 0 aliphatic carbocycles. The number of aromatic nitrogens is 2. The number of nitro groups is 1. The number of benzene rings is 2. The van der Waals surface area contributed by atoms with Crippen LogP contribution in [0, 0.1) is 24.0 Å². The van der Waals surface area contributed by atoms with Gasteiger partial charge in [0.05, 0.1) is 48.2 Å². The third kappa shape index (κ3) is 4.79. The highest BCUT2D eigenvalue weighted by molar-refractivity contribution is 7.80. The molecule has 10 heteroatoms. The largest absolute Gasteiger partial charge is 0.494 e. The molecule has 5 rings (SSSR count). The molecule has 200 valence electrons. The van der Waals surface area contributed by atoms with Gasteiger partial charge in [0.2, 0.25) is 0 Å². The van der Waals surface area contributed by atoms with Gasteiger partial charge < -0.3 is 24.3 Å². The van der Waals surface area contributed by atoms with Crippen LogP contribution < -0.4 is 19.7 Å². The summed E-state index contributed by atoms with van der Waals surface area (Å²) in [4.78, 5) is 17.7. The standard InChI is InChI=1S/C29H29N5O4S/c1-5-38-22-12-9-20(10-13-22)33-28(27(31-29(33)39)24-8-6-7-15-30-24)23-16-18(2)32(19(23)3)25-14-11-21(34(35)36)17-26(25)37-4/h6-17,27-28H,5H2,1-4H3,(H,31,39)/t27-,28+/m0/s1. The Morgan fingerprint density at radius 3 is 2.51 bits per heavy atom. The Kier molecular flexibility index (Phi) is 7.21. The van der Waals surface area contributed by atoms with E-state index in [1.165, 1.54) is 19.2 Å². The van der Waals surface area contributed by atoms with Crippen molar-refractivity contribution in [2.24, 2.45) is 0 Å². The van der Waals surface area contributed by atoms with E-state index in [4.69, 9.17) is 21.7 Å². The lowest BCUT2D eigenvalue weighted by atomic mass is 9.96. The highest BCUT2D eigenvalue weighted by Gasteiger charge is 2.42. The van der Waals surface area contributed by atoms with E-state index in [0.29, 0.717) is 17.5 Å². The SMILES string of the molecule is CCOc1ccc(N2C(=S)N[C@@H](c3ccccn3)[C@H]2c2cc(C)n(-c3ccc([N+](=O)[O-])cc3OC)c2C)cc1. The van der Waals surface area contributed by atoms with Crippen molar-refractivity contribution in [3.8, 4) is 17.2 Å². The molecule has 3 heterocycles. The zero-order chi connectivity index (χ0) is 27.7. The Morgan fingerprint density at radius 1 is 1.10 bits per heavy atom. The summed E-state index contributed by atoms with van der Waals surface area (Å²) in [5.41, 5.74) is 5.46. The minimum absolute atomic E-state index is 0.0273. The predicted molar refractivity (Wildman–Crippen MR) is 154 cm³/mol. The summed E-state index contributed by atoms with van der Waals surface area (Å²) in [6, 6.07) is 20.1. The molecule has 39 heavy (non-hydrogen) atoms. The molecule has 9 nitrogen and oxygen atoms in total. The molecule has 0 amide bonds. The number of anilines is 1. The van der Waals surface area contributed by atoms with Crippen molar-refractivity contribution in [1.29, 1.82) is 0 Å². The monoisotopic (exact) mass is 543 g/mol. The van der Waals surface area contributed by atoms with E-state index in [2.05, 4.69) is 25.8 Å². The van der Waals surface area contributed by atoms with Gasteiger partial charge in [-0.05, 0) is 87.1 Å². The van der Waals surface area contributed by atoms with Gasteiger partial charge >= 0.3 is 0 Å². The molecule has 4 aromatic rings. The summed E-state index contributed by atoms with van der Waals surface area (Å²) < 4.78 is 13.3. The van der Waals surface area contributed by atoms with Crippen molar-refractivity contribution in [1.82, 2.24) is 14.9 Å². The normalized spacial score (nSPS) is 16.7. The molecule has 1 fully saturated rings. The fraction of sp³-hybridized carbons (Fsp3) is 0.241. The first kappa shape index (κ1) is 26.2. The third-order valence-corrected chi connectivity index (χ3v) is 7.24. The van der Waals surface area contributed by atoms with Crippen LogP contribution in [0.15, 0.2) is 72.9 Å². The first-order chi connectivity index (χ1) is 18.8. The van der Waals surface area contributed by atoms with E-state index in [1.54, 1.807) is 12.3 Å². The van der Waals surface area contributed by atoms with Gasteiger partial charge in [0, 0.05) is 29.3 Å². The second kappa shape index (κ2) is 10.7. The Bertz CT molecular complexity index is 1520. The van der Waals surface area contributed by atoms with Gasteiger partial charge in [0.1, 0.15) is 11.5 Å². The van der Waals surface area contributed by atoms with Crippen molar-refractivity contribution in [2.75, 3.05) is 18.6 Å². The van der Waals surface area contributed by atoms with Crippen molar-refractivity contribution >= 4 is 28.7 Å². The van der Waals surface area contributed by atoms with E-state index in [1.807, 2.05) is 63.2 Å². The number of non-ortho nitro benzene ring substituents is 1. The lowest BCUT2D eigenvalue weighted by Gasteiger charge is -2.28. The van der Waals surface area contributed by atoms with E-state index in [9.17, 15) is 10.1 Å². The zero-order valence-electron chi connectivity index (χ0n) is 22.1. The first-order valence-electron chi connectivity index (χ1n) is 12.6. The lowest BCUT2D eigenvalue weighted by Crippen LogP contribution is -2.29. The Hall–Kier alpha value is -4.44. The molecule has 2 aromatic carbocycles. The van der Waals surface area contributed by atoms with Crippen LogP contribution in [0.1, 0.15) is 41.7 Å². The second-order valence-electron chi connectivity index (χ2n) is 9.20. The molecule has 1 aliphatic heterocycles. The first-order valence-corrected chi connectivity index (χ1v) is 13.0. The Labute approximate surface area is 232 Å². The molecular formula is C29H29N5O4S. The molecule has 1 N–H and O–H groups in total. The molecule has 2 atom stereocenters. The van der Waals surface area contributed by atoms with Crippen molar-refractivity contribution in [3.63, 3.8) is 0 Å². The molecule has 2 aromatic heterocycles. The molecule has 0 spiro atoms. The van der Waals surface area contributed by atoms with E-state index < -0.39 is 4.92 Å². The average molecular weight is 544 g/mol. The van der Waals surface area contributed by atoms with Crippen LogP contribution in [0.25, 0.3) is 5.69 Å². The number of thiocarbonyl (C=S) groups is 1. The number of nitrogens with zero attached hydrogens (tertiary/aromatic N) is 4. The number of ether oxygens (including phenoxy) is 2. The molecule has 1 saturated heterocycles. The van der Waals surface area contributed by atoms with Gasteiger partial charge in [-0.3, -0.25) is 15.1 Å². The number of pyridine rings is 1. The van der Waals surface area contributed by atoms with Crippen LogP contribution in [0.2, 0.25) is 0 Å². The summed E-state index contributed by atoms with van der Waals surface area (Å²) in [5.74, 6) is 1.21. The maximum Gasteiger partial charge on any atom is 0.273 e. The topological polar surface area (TPSA) is 94.7 Å². The van der Waals surface area contributed by atoms with Gasteiger partial charge in [-0.2, -0.15) is 0 Å². The van der Waals surface area contributed by atoms with Gasteiger partial charge in [0.25, 0.3) is 5.69 Å². The smallest absolute Gasteiger partial charge is 0.273 e. The third-order valence-electron chi connectivity index (χ3n) is 6.93. The minimum Gasteiger partial charge on any atom is -0.494 e. The summed E-state index contributed by atoms with van der Waals surface area (Å²) in [6.45, 7) is 6.59. The maximum absolute atomic E-state index is 11.4. The summed E-state index contributed by atoms with van der Waals surface area (Å²) >= 11 is 5.88. The van der Waals surface area contributed by atoms with Crippen LogP contribution in [0.3, 0.4) is 0 Å². The van der Waals surface area contributed by atoms with Gasteiger partial charge in [-0.25, -0.2) is 0 Å². The number of hydrogen-bond donors (Lipinski definition) is 1. The highest BCUT2D eigenvalue weighted by Crippen LogP contribution is 2.44. The van der Waals surface area contributed by atoms with Crippen molar-refractivity contribution in [3.05, 3.63) is 106 Å². The number of hydrogen-bond acceptors (Lipinski definition) is 6. The van der Waals surface area contributed by atoms with E-state index in [-0.39, 0.29) is 17.8 Å². The van der Waals surface area contributed by atoms with Crippen LogP contribution in [-0.4, -0.2) is 33.3 Å². The second-order valence-corrected chi connectivity index (χ2v) is 9.59. The molecule has 0 radical (unpaired) electrons. The van der Waals surface area contributed by atoms with Gasteiger partial charge in [-0.1, -0.05) is 6.07 Å². The average Bonchev–Trinajstić information content (AvgIpc) is 3.44. The molecular weight excluding hydrogens is 514 g/mol. The predicted octanol–water partition coefficient (Wildman–Crippen LogP) is 5.98. The summed E-state index contributed by atoms with van der Waals surface area (Å²) in [6.07, 6.45) is 1.78. The fourth-order valence-electron chi connectivity index (χ4n) is 5.24. The molecule has 0 bridgehead atoms. The fourth-order valence-corrected chi connectivity index (χ4v) is 5.59. The number of rotatable bonds is 8. The number of aryl methyl sites for hydroxylation is 1. The molecule has 0 unspecified atom stereocenters. The van der Waals surface area contributed by atoms with Gasteiger partial charge in [0.15, 0.2) is 5.11 Å². The quantitative estimate of drug-likeness (QED) is 0.165. The number of nitrogens with one attached hydrogen (secondary N) is 1. The van der Waals surface area contributed by atoms with Crippen molar-refractivity contribution in [2.45, 2.75) is 32.9 Å². The maximum atomic E-state index is 11.4. The zero-order valence-corrected chi connectivity index (χ0v) is 22.9. The highest BCUT2D eigenvalue weighted by atomic mass is 32.1. The van der Waals surface area contributed by atoms with Crippen LogP contribution in [0.4, 0.5) is 11.4 Å². The minimum atomic E-state index is -0.426. The van der Waals surface area contributed by atoms with Crippen LogP contribution in [0.5, 0.6) is 11.5 Å². The van der Waals surface area contributed by atoms with E-state index in [0.717, 1.165) is 39.8 Å². The number of methoxy groups -OCH3 is 1. The number of nitro benzene ring substituents is 1. The summed E-state index contributed by atoms with van der Waals surface area (Å²) in [5, 5.41) is 15.5.